The molecule has 0 saturated carbocycles. The maximum Gasteiger partial charge on any atom is 0.0667 e. The van der Waals surface area contributed by atoms with E-state index in [0.29, 0.717) is 11.6 Å². The molecule has 1 heterocycles. The highest BCUT2D eigenvalue weighted by Crippen LogP contribution is 2.21. The highest BCUT2D eigenvalue weighted by Gasteiger charge is 2.30. The molecule has 2 N–H and O–H groups in total. The molecule has 2 atom stereocenters. The van der Waals surface area contributed by atoms with Crippen LogP contribution in [0.4, 0.5) is 0 Å². The van der Waals surface area contributed by atoms with E-state index < -0.39 is 0 Å². The third-order valence-corrected chi connectivity index (χ3v) is 3.31. The fourth-order valence-electron chi connectivity index (χ4n) is 2.04. The van der Waals surface area contributed by atoms with Crippen molar-refractivity contribution >= 4 is 0 Å². The number of methoxy groups -OCH3 is 1. The quantitative estimate of drug-likeness (QED) is 0.674. The van der Waals surface area contributed by atoms with Crippen LogP contribution in [0.25, 0.3) is 0 Å². The van der Waals surface area contributed by atoms with Gasteiger partial charge in [0.1, 0.15) is 0 Å². The van der Waals surface area contributed by atoms with Gasteiger partial charge < -0.3 is 15.4 Å². The molecular weight excluding hydrogens is 176 g/mol. The van der Waals surface area contributed by atoms with Crippen LogP contribution in [0.2, 0.25) is 0 Å². The molecule has 1 fully saturated rings. The molecule has 3 heteroatoms. The first-order valence-corrected chi connectivity index (χ1v) is 5.71. The van der Waals surface area contributed by atoms with Crippen molar-refractivity contribution in [1.82, 2.24) is 10.6 Å². The Morgan fingerprint density at radius 3 is 2.86 bits per heavy atom. The molecule has 1 rings (SSSR count). The fourth-order valence-corrected chi connectivity index (χ4v) is 2.04. The van der Waals surface area contributed by atoms with Gasteiger partial charge in [0, 0.05) is 25.7 Å². The second-order valence-electron chi connectivity index (χ2n) is 4.34. The average molecular weight is 200 g/mol. The zero-order chi connectivity index (χ0) is 10.4. The first-order chi connectivity index (χ1) is 6.72. The van der Waals surface area contributed by atoms with Gasteiger partial charge in [-0.2, -0.15) is 0 Å². The van der Waals surface area contributed by atoms with Crippen LogP contribution < -0.4 is 10.6 Å². The monoisotopic (exact) mass is 200 g/mol. The maximum atomic E-state index is 5.20. The highest BCUT2D eigenvalue weighted by molar-refractivity contribution is 4.93. The molecule has 84 valence electrons. The summed E-state index contributed by atoms with van der Waals surface area (Å²) in [6, 6.07) is 0. The largest absolute Gasteiger partial charge is 0.380 e. The Balaban J connectivity index is 2.21. The standard InChI is InChI=1S/C11H24N2O/c1-4-11(6-5-7-13-11)9-12-8-10(2)14-3/h10,12-13H,4-9H2,1-3H3. The molecular formula is C11H24N2O. The van der Waals surface area contributed by atoms with Crippen LogP contribution in [0, 0.1) is 0 Å². The molecule has 1 saturated heterocycles. The zero-order valence-electron chi connectivity index (χ0n) is 9.73. The molecule has 0 radical (unpaired) electrons. The van der Waals surface area contributed by atoms with E-state index in [-0.39, 0.29) is 0 Å². The highest BCUT2D eigenvalue weighted by atomic mass is 16.5. The van der Waals surface area contributed by atoms with Crippen LogP contribution in [0.3, 0.4) is 0 Å². The summed E-state index contributed by atoms with van der Waals surface area (Å²) < 4.78 is 5.20. The van der Waals surface area contributed by atoms with Crippen molar-refractivity contribution in [2.75, 3.05) is 26.7 Å². The van der Waals surface area contributed by atoms with Crippen molar-refractivity contribution in [3.05, 3.63) is 0 Å². The minimum absolute atomic E-state index is 0.310. The predicted molar refractivity (Wildman–Crippen MR) is 59.6 cm³/mol. The summed E-state index contributed by atoms with van der Waals surface area (Å²) >= 11 is 0. The van der Waals surface area contributed by atoms with Crippen LogP contribution in [-0.2, 0) is 4.74 Å². The summed E-state index contributed by atoms with van der Waals surface area (Å²) in [5.74, 6) is 0. The summed E-state index contributed by atoms with van der Waals surface area (Å²) in [4.78, 5) is 0. The number of hydrogen-bond donors (Lipinski definition) is 2. The van der Waals surface area contributed by atoms with Gasteiger partial charge in [0.05, 0.1) is 6.10 Å². The van der Waals surface area contributed by atoms with Crippen molar-refractivity contribution < 1.29 is 4.74 Å². The van der Waals surface area contributed by atoms with Gasteiger partial charge in [0.2, 0.25) is 0 Å². The van der Waals surface area contributed by atoms with Gasteiger partial charge in [-0.3, -0.25) is 0 Å². The number of ether oxygens (including phenoxy) is 1. The van der Waals surface area contributed by atoms with Crippen molar-refractivity contribution in [3.63, 3.8) is 0 Å². The molecule has 2 unspecified atom stereocenters. The van der Waals surface area contributed by atoms with Crippen molar-refractivity contribution in [3.8, 4) is 0 Å². The van der Waals surface area contributed by atoms with E-state index in [0.717, 1.165) is 13.1 Å². The lowest BCUT2D eigenvalue weighted by atomic mass is 9.94. The normalized spacial score (nSPS) is 29.4. The van der Waals surface area contributed by atoms with Crippen molar-refractivity contribution in [1.29, 1.82) is 0 Å². The van der Waals surface area contributed by atoms with Gasteiger partial charge in [-0.05, 0) is 32.7 Å². The van der Waals surface area contributed by atoms with Gasteiger partial charge >= 0.3 is 0 Å². The van der Waals surface area contributed by atoms with Gasteiger partial charge in [0.15, 0.2) is 0 Å². The zero-order valence-corrected chi connectivity index (χ0v) is 9.73. The topological polar surface area (TPSA) is 33.3 Å². The van der Waals surface area contributed by atoms with E-state index in [1.165, 1.54) is 25.8 Å². The van der Waals surface area contributed by atoms with E-state index in [2.05, 4.69) is 24.5 Å². The first-order valence-electron chi connectivity index (χ1n) is 5.71. The lowest BCUT2D eigenvalue weighted by Gasteiger charge is -2.29. The lowest BCUT2D eigenvalue weighted by molar-refractivity contribution is 0.115. The molecule has 3 nitrogen and oxygen atoms in total. The maximum absolute atomic E-state index is 5.20. The van der Waals surface area contributed by atoms with E-state index in [1.54, 1.807) is 7.11 Å². The average Bonchev–Trinajstić information content (AvgIpc) is 2.67. The Kier molecular flexibility index (Phi) is 4.85. The van der Waals surface area contributed by atoms with Crippen LogP contribution in [0.1, 0.15) is 33.1 Å². The molecule has 0 bridgehead atoms. The van der Waals surface area contributed by atoms with Gasteiger partial charge in [-0.15, -0.1) is 0 Å². The van der Waals surface area contributed by atoms with Gasteiger partial charge in [0.25, 0.3) is 0 Å². The molecule has 0 amide bonds. The van der Waals surface area contributed by atoms with Crippen molar-refractivity contribution in [2.24, 2.45) is 0 Å². The first kappa shape index (κ1) is 12.0. The lowest BCUT2D eigenvalue weighted by Crippen LogP contribution is -2.49. The fraction of sp³-hybridized carbons (Fsp3) is 1.00. The smallest absolute Gasteiger partial charge is 0.0667 e. The molecule has 1 aliphatic rings. The van der Waals surface area contributed by atoms with Crippen LogP contribution in [0.15, 0.2) is 0 Å². The number of rotatable bonds is 6. The summed E-state index contributed by atoms with van der Waals surface area (Å²) in [6.45, 7) is 7.54. The summed E-state index contributed by atoms with van der Waals surface area (Å²) in [5.41, 5.74) is 0.355. The van der Waals surface area contributed by atoms with E-state index in [9.17, 15) is 0 Å². The molecule has 0 aromatic carbocycles. The number of hydrogen-bond acceptors (Lipinski definition) is 3. The minimum Gasteiger partial charge on any atom is -0.380 e. The Morgan fingerprint density at radius 2 is 2.36 bits per heavy atom. The number of nitrogens with one attached hydrogen (secondary N) is 2. The summed E-state index contributed by atoms with van der Waals surface area (Å²) in [5, 5.41) is 7.09. The third-order valence-electron chi connectivity index (χ3n) is 3.31. The van der Waals surface area contributed by atoms with Crippen LogP contribution in [0.5, 0.6) is 0 Å². The molecule has 0 aromatic heterocycles. The van der Waals surface area contributed by atoms with Gasteiger partial charge in [-0.1, -0.05) is 6.92 Å². The van der Waals surface area contributed by atoms with Crippen molar-refractivity contribution in [2.45, 2.75) is 44.8 Å². The summed E-state index contributed by atoms with van der Waals surface area (Å²) in [6.07, 6.45) is 4.14. The Morgan fingerprint density at radius 1 is 1.57 bits per heavy atom. The second-order valence-corrected chi connectivity index (χ2v) is 4.34. The van der Waals surface area contributed by atoms with E-state index in [4.69, 9.17) is 4.74 Å². The Hall–Kier alpha value is -0.120. The van der Waals surface area contributed by atoms with Gasteiger partial charge in [-0.25, -0.2) is 0 Å². The summed E-state index contributed by atoms with van der Waals surface area (Å²) in [7, 11) is 1.76. The third kappa shape index (κ3) is 3.23. The minimum atomic E-state index is 0.310. The van der Waals surface area contributed by atoms with E-state index in [1.807, 2.05) is 0 Å². The molecule has 0 spiro atoms. The second kappa shape index (κ2) is 5.69. The van der Waals surface area contributed by atoms with Crippen LogP contribution in [-0.4, -0.2) is 38.4 Å². The molecule has 0 aromatic rings. The van der Waals surface area contributed by atoms with E-state index >= 15 is 0 Å². The molecule has 0 aliphatic carbocycles. The van der Waals surface area contributed by atoms with Crippen LogP contribution >= 0.6 is 0 Å². The Labute approximate surface area is 87.6 Å². The molecule has 1 aliphatic heterocycles. The SMILES string of the molecule is CCC1(CNCC(C)OC)CCCN1. The Bertz CT molecular complexity index is 155. The predicted octanol–water partition coefficient (Wildman–Crippen LogP) is 1.14. The molecule has 14 heavy (non-hydrogen) atoms.